The Morgan fingerprint density at radius 3 is 2.55 bits per heavy atom. The van der Waals surface area contributed by atoms with Gasteiger partial charge < -0.3 is 5.32 Å². The second-order valence-electron chi connectivity index (χ2n) is 5.62. The molecule has 1 unspecified atom stereocenters. The second-order valence-corrected chi connectivity index (χ2v) is 6.48. The molecule has 0 aliphatic heterocycles. The highest BCUT2D eigenvalue weighted by Crippen LogP contribution is 2.23. The molecular weight excluding hydrogens is 316 g/mol. The molecule has 2 N–H and O–H groups in total. The first-order chi connectivity index (χ1) is 9.58. The van der Waals surface area contributed by atoms with Crippen molar-refractivity contribution < 1.29 is 4.79 Å². The van der Waals surface area contributed by atoms with Gasteiger partial charge in [-0.1, -0.05) is 47.0 Å². The lowest BCUT2D eigenvalue weighted by Gasteiger charge is -2.22. The van der Waals surface area contributed by atoms with Crippen LogP contribution in [0.15, 0.2) is 28.7 Å². The number of benzene rings is 1. The van der Waals surface area contributed by atoms with E-state index < -0.39 is 0 Å². The molecule has 1 amide bonds. The van der Waals surface area contributed by atoms with Crippen LogP contribution in [0.2, 0.25) is 0 Å². The van der Waals surface area contributed by atoms with Crippen molar-refractivity contribution in [3.8, 4) is 0 Å². The first-order valence-electron chi connectivity index (χ1n) is 7.39. The fourth-order valence-corrected chi connectivity index (χ4v) is 3.39. The molecule has 3 nitrogen and oxygen atoms in total. The van der Waals surface area contributed by atoms with Gasteiger partial charge in [0.2, 0.25) is 5.91 Å². The molecule has 2 atom stereocenters. The molecule has 110 valence electrons. The smallest absolute Gasteiger partial charge is 0.237 e. The maximum atomic E-state index is 12.2. The molecular formula is C16H23BrN2O. The molecule has 1 fully saturated rings. The minimum absolute atomic E-state index is 0.107. The van der Waals surface area contributed by atoms with Gasteiger partial charge in [-0.3, -0.25) is 10.1 Å². The van der Waals surface area contributed by atoms with Crippen LogP contribution in [0.4, 0.5) is 0 Å². The van der Waals surface area contributed by atoms with Crippen LogP contribution in [0.3, 0.4) is 0 Å². The Hall–Kier alpha value is -0.870. The Kier molecular flexibility index (Phi) is 5.61. The van der Waals surface area contributed by atoms with Gasteiger partial charge in [-0.25, -0.2) is 0 Å². The van der Waals surface area contributed by atoms with Gasteiger partial charge in [0.1, 0.15) is 0 Å². The van der Waals surface area contributed by atoms with Gasteiger partial charge in [-0.2, -0.15) is 0 Å². The summed E-state index contributed by atoms with van der Waals surface area (Å²) in [6.45, 7) is 4.01. The summed E-state index contributed by atoms with van der Waals surface area (Å²) >= 11 is 3.55. The number of nitrogens with one attached hydrogen (secondary N) is 2. The van der Waals surface area contributed by atoms with Gasteiger partial charge in [0.15, 0.2) is 0 Å². The van der Waals surface area contributed by atoms with Crippen molar-refractivity contribution in [1.82, 2.24) is 10.6 Å². The van der Waals surface area contributed by atoms with Crippen LogP contribution in [-0.4, -0.2) is 18.0 Å². The maximum absolute atomic E-state index is 12.2. The van der Waals surface area contributed by atoms with E-state index in [4.69, 9.17) is 0 Å². The third kappa shape index (κ3) is 4.06. The lowest BCUT2D eigenvalue weighted by atomic mass is 10.1. The van der Waals surface area contributed by atoms with Crippen molar-refractivity contribution in [2.45, 2.75) is 57.7 Å². The van der Waals surface area contributed by atoms with Crippen LogP contribution in [0.5, 0.6) is 0 Å². The van der Waals surface area contributed by atoms with Gasteiger partial charge in [-0.15, -0.1) is 0 Å². The summed E-state index contributed by atoms with van der Waals surface area (Å²) in [5.41, 5.74) is 1.17. The Bertz CT molecular complexity index is 458. The molecule has 0 spiro atoms. The Labute approximate surface area is 129 Å². The maximum Gasteiger partial charge on any atom is 0.237 e. The second kappa shape index (κ2) is 7.23. The van der Waals surface area contributed by atoms with Gasteiger partial charge in [0.05, 0.1) is 6.04 Å². The predicted octanol–water partition coefficient (Wildman–Crippen LogP) is 3.55. The SMILES string of the molecule is CC(N[C@@H](C)c1ccccc1Br)C(=O)NC1CCCC1. The minimum Gasteiger partial charge on any atom is -0.352 e. The van der Waals surface area contributed by atoms with Gasteiger partial charge >= 0.3 is 0 Å². The van der Waals surface area contributed by atoms with E-state index in [2.05, 4.69) is 39.6 Å². The van der Waals surface area contributed by atoms with E-state index in [0.29, 0.717) is 6.04 Å². The van der Waals surface area contributed by atoms with Crippen molar-refractivity contribution in [2.75, 3.05) is 0 Å². The third-order valence-electron chi connectivity index (χ3n) is 3.97. The van der Waals surface area contributed by atoms with E-state index in [1.54, 1.807) is 0 Å². The minimum atomic E-state index is -0.183. The topological polar surface area (TPSA) is 41.1 Å². The summed E-state index contributed by atoms with van der Waals surface area (Å²) in [6.07, 6.45) is 4.72. The molecule has 20 heavy (non-hydrogen) atoms. The number of rotatable bonds is 5. The molecule has 1 aromatic rings. The van der Waals surface area contributed by atoms with Crippen LogP contribution in [0, 0.1) is 0 Å². The largest absolute Gasteiger partial charge is 0.352 e. The summed E-state index contributed by atoms with van der Waals surface area (Å²) < 4.78 is 1.07. The summed E-state index contributed by atoms with van der Waals surface area (Å²) in [6, 6.07) is 8.44. The number of hydrogen-bond acceptors (Lipinski definition) is 2. The zero-order valence-corrected chi connectivity index (χ0v) is 13.7. The number of hydrogen-bond donors (Lipinski definition) is 2. The quantitative estimate of drug-likeness (QED) is 0.861. The molecule has 0 bridgehead atoms. The van der Waals surface area contributed by atoms with E-state index in [-0.39, 0.29) is 18.0 Å². The van der Waals surface area contributed by atoms with Crippen LogP contribution in [-0.2, 0) is 4.79 Å². The molecule has 0 aromatic heterocycles. The number of carbonyl (C=O) groups is 1. The number of carbonyl (C=O) groups excluding carboxylic acids is 1. The van der Waals surface area contributed by atoms with E-state index in [9.17, 15) is 4.79 Å². The zero-order chi connectivity index (χ0) is 14.5. The number of amides is 1. The summed E-state index contributed by atoms with van der Waals surface area (Å²) in [4.78, 5) is 12.2. The summed E-state index contributed by atoms with van der Waals surface area (Å²) in [5, 5.41) is 6.51. The molecule has 0 heterocycles. The van der Waals surface area contributed by atoms with Crippen molar-refractivity contribution in [3.63, 3.8) is 0 Å². The van der Waals surface area contributed by atoms with E-state index in [1.807, 2.05) is 25.1 Å². The summed E-state index contributed by atoms with van der Waals surface area (Å²) in [5.74, 6) is 0.107. The number of halogens is 1. The van der Waals surface area contributed by atoms with Crippen LogP contribution >= 0.6 is 15.9 Å². The average molecular weight is 339 g/mol. The van der Waals surface area contributed by atoms with E-state index >= 15 is 0 Å². The standard InChI is InChI=1S/C16H23BrN2O/c1-11(14-9-5-6-10-15(14)17)18-12(2)16(20)19-13-7-3-4-8-13/h5-6,9-13,18H,3-4,7-8H2,1-2H3,(H,19,20)/t11-,12?/m0/s1. The predicted molar refractivity (Wildman–Crippen MR) is 85.6 cm³/mol. The monoisotopic (exact) mass is 338 g/mol. The third-order valence-corrected chi connectivity index (χ3v) is 4.69. The van der Waals surface area contributed by atoms with Gasteiger partial charge in [0, 0.05) is 16.6 Å². The first kappa shape index (κ1) is 15.5. The first-order valence-corrected chi connectivity index (χ1v) is 8.18. The van der Waals surface area contributed by atoms with Gasteiger partial charge in [-0.05, 0) is 38.3 Å². The highest BCUT2D eigenvalue weighted by Gasteiger charge is 2.22. The Morgan fingerprint density at radius 2 is 1.90 bits per heavy atom. The molecule has 1 saturated carbocycles. The van der Waals surface area contributed by atoms with Crippen molar-refractivity contribution in [2.24, 2.45) is 0 Å². The lowest BCUT2D eigenvalue weighted by molar-refractivity contribution is -0.123. The van der Waals surface area contributed by atoms with E-state index in [0.717, 1.165) is 17.3 Å². The molecule has 1 aliphatic rings. The van der Waals surface area contributed by atoms with Crippen molar-refractivity contribution >= 4 is 21.8 Å². The summed E-state index contributed by atoms with van der Waals surface area (Å²) in [7, 11) is 0. The van der Waals surface area contributed by atoms with Crippen LogP contribution in [0.25, 0.3) is 0 Å². The molecule has 1 aliphatic carbocycles. The molecule has 2 rings (SSSR count). The fourth-order valence-electron chi connectivity index (χ4n) is 2.76. The Morgan fingerprint density at radius 1 is 1.25 bits per heavy atom. The molecule has 0 saturated heterocycles. The Balaban J connectivity index is 1.88. The van der Waals surface area contributed by atoms with Crippen LogP contribution < -0.4 is 10.6 Å². The lowest BCUT2D eigenvalue weighted by Crippen LogP contribution is -2.46. The molecule has 1 aromatic carbocycles. The van der Waals surface area contributed by atoms with E-state index in [1.165, 1.54) is 18.4 Å². The highest BCUT2D eigenvalue weighted by molar-refractivity contribution is 9.10. The average Bonchev–Trinajstić information content (AvgIpc) is 2.91. The van der Waals surface area contributed by atoms with Crippen LogP contribution in [0.1, 0.15) is 51.1 Å². The van der Waals surface area contributed by atoms with Crippen molar-refractivity contribution in [1.29, 1.82) is 0 Å². The zero-order valence-electron chi connectivity index (χ0n) is 12.2. The normalized spacial score (nSPS) is 18.8. The van der Waals surface area contributed by atoms with Crippen molar-refractivity contribution in [3.05, 3.63) is 34.3 Å². The molecule has 4 heteroatoms. The highest BCUT2D eigenvalue weighted by atomic mass is 79.9. The van der Waals surface area contributed by atoms with Gasteiger partial charge in [0.25, 0.3) is 0 Å². The fraction of sp³-hybridized carbons (Fsp3) is 0.562. The molecule has 0 radical (unpaired) electrons.